The maximum Gasteiger partial charge on any atom is 0.241 e. The highest BCUT2D eigenvalue weighted by molar-refractivity contribution is 7.89. The zero-order valence-electron chi connectivity index (χ0n) is 12.3. The van der Waals surface area contributed by atoms with Crippen molar-refractivity contribution in [2.45, 2.75) is 38.8 Å². The molecule has 0 atom stereocenters. The number of aryl methyl sites for hydroxylation is 2. The topological polar surface area (TPSA) is 85.1 Å². The molecule has 3 N–H and O–H groups in total. The Bertz CT molecular complexity index is 752. The molecule has 1 aromatic carbocycles. The third-order valence-corrected chi connectivity index (χ3v) is 5.78. The fourth-order valence-electron chi connectivity index (χ4n) is 2.01. The van der Waals surface area contributed by atoms with Crippen molar-refractivity contribution in [3.05, 3.63) is 44.9 Å². The Morgan fingerprint density at radius 2 is 2.00 bits per heavy atom. The highest BCUT2D eigenvalue weighted by Crippen LogP contribution is 2.21. The minimum absolute atomic E-state index is 0.201. The Labute approximate surface area is 129 Å². The van der Waals surface area contributed by atoms with Crippen LogP contribution in [0.3, 0.4) is 0 Å². The monoisotopic (exact) mass is 325 g/mol. The number of benzene rings is 1. The molecule has 0 saturated heterocycles. The summed E-state index contributed by atoms with van der Waals surface area (Å²) in [5, 5.41) is 2.65. The van der Waals surface area contributed by atoms with Crippen LogP contribution >= 0.6 is 11.3 Å². The second-order valence-electron chi connectivity index (χ2n) is 4.95. The summed E-state index contributed by atoms with van der Waals surface area (Å²) in [4.78, 5) is 4.54. The van der Waals surface area contributed by atoms with Crippen molar-refractivity contribution in [2.24, 2.45) is 5.73 Å². The Morgan fingerprint density at radius 3 is 2.57 bits per heavy atom. The van der Waals surface area contributed by atoms with Gasteiger partial charge in [0.2, 0.25) is 10.0 Å². The van der Waals surface area contributed by atoms with E-state index in [9.17, 15) is 8.42 Å². The maximum atomic E-state index is 12.5. The first-order chi connectivity index (χ1) is 9.83. The maximum absolute atomic E-state index is 12.5. The molecule has 0 saturated carbocycles. The standard InChI is InChI=1S/C14H19N3O2S2/c1-9-4-12(6-15)5-13(11(9)3)21(18,19)16-7-14-17-10(2)8-20-14/h4-5,8,16H,6-7,15H2,1-3H3. The van der Waals surface area contributed by atoms with E-state index in [1.165, 1.54) is 11.3 Å². The number of thiazole rings is 1. The minimum atomic E-state index is -3.57. The van der Waals surface area contributed by atoms with Crippen molar-refractivity contribution >= 4 is 21.4 Å². The smallest absolute Gasteiger partial charge is 0.241 e. The Kier molecular flexibility index (Phi) is 4.77. The van der Waals surface area contributed by atoms with Crippen molar-refractivity contribution < 1.29 is 8.42 Å². The fourth-order valence-corrected chi connectivity index (χ4v) is 4.17. The van der Waals surface area contributed by atoms with Gasteiger partial charge in [-0.3, -0.25) is 0 Å². The highest BCUT2D eigenvalue weighted by atomic mass is 32.2. The molecule has 2 rings (SSSR count). The van der Waals surface area contributed by atoms with Crippen molar-refractivity contribution in [1.29, 1.82) is 0 Å². The van der Waals surface area contributed by atoms with E-state index in [4.69, 9.17) is 5.73 Å². The van der Waals surface area contributed by atoms with Gasteiger partial charge in [-0.2, -0.15) is 0 Å². The van der Waals surface area contributed by atoms with Crippen LogP contribution < -0.4 is 10.5 Å². The van der Waals surface area contributed by atoms with Crippen LogP contribution in [0.15, 0.2) is 22.4 Å². The molecule has 0 fully saturated rings. The molecule has 21 heavy (non-hydrogen) atoms. The Morgan fingerprint density at radius 1 is 1.29 bits per heavy atom. The van der Waals surface area contributed by atoms with Crippen molar-refractivity contribution in [1.82, 2.24) is 9.71 Å². The number of sulfonamides is 1. The zero-order valence-corrected chi connectivity index (χ0v) is 13.9. The minimum Gasteiger partial charge on any atom is -0.326 e. The second kappa shape index (κ2) is 6.23. The van der Waals surface area contributed by atoms with Crippen LogP contribution in [-0.4, -0.2) is 13.4 Å². The average molecular weight is 325 g/mol. The van der Waals surface area contributed by atoms with Crippen LogP contribution in [0.2, 0.25) is 0 Å². The lowest BCUT2D eigenvalue weighted by molar-refractivity contribution is 0.580. The SMILES string of the molecule is Cc1csc(CNS(=O)(=O)c2cc(CN)cc(C)c2C)n1. The molecule has 7 heteroatoms. The summed E-state index contributed by atoms with van der Waals surface area (Å²) in [6.07, 6.45) is 0. The van der Waals surface area contributed by atoms with Gasteiger partial charge in [0, 0.05) is 17.6 Å². The number of hydrogen-bond donors (Lipinski definition) is 2. The van der Waals surface area contributed by atoms with Crippen LogP contribution in [0.5, 0.6) is 0 Å². The van der Waals surface area contributed by atoms with Crippen LogP contribution in [0, 0.1) is 20.8 Å². The number of nitrogens with one attached hydrogen (secondary N) is 1. The van der Waals surface area contributed by atoms with Crippen LogP contribution in [0.25, 0.3) is 0 Å². The zero-order chi connectivity index (χ0) is 15.6. The van der Waals surface area contributed by atoms with E-state index in [0.717, 1.165) is 27.4 Å². The molecule has 5 nitrogen and oxygen atoms in total. The van der Waals surface area contributed by atoms with Crippen molar-refractivity contribution in [3.63, 3.8) is 0 Å². The van der Waals surface area contributed by atoms with Crippen LogP contribution in [-0.2, 0) is 23.1 Å². The molecule has 0 unspecified atom stereocenters. The normalized spacial score (nSPS) is 11.8. The van der Waals surface area contributed by atoms with Gasteiger partial charge >= 0.3 is 0 Å². The van der Waals surface area contributed by atoms with E-state index >= 15 is 0 Å². The molecule has 0 spiro atoms. The fraction of sp³-hybridized carbons (Fsp3) is 0.357. The summed E-state index contributed by atoms with van der Waals surface area (Å²) in [6.45, 7) is 6.09. The summed E-state index contributed by atoms with van der Waals surface area (Å²) in [7, 11) is -3.57. The summed E-state index contributed by atoms with van der Waals surface area (Å²) in [5.74, 6) is 0. The molecule has 0 aliphatic heterocycles. The molecular formula is C14H19N3O2S2. The molecular weight excluding hydrogens is 306 g/mol. The summed E-state index contributed by atoms with van der Waals surface area (Å²) in [5.41, 5.74) is 8.99. The second-order valence-corrected chi connectivity index (χ2v) is 7.63. The van der Waals surface area contributed by atoms with E-state index in [1.54, 1.807) is 13.0 Å². The van der Waals surface area contributed by atoms with Gasteiger partial charge in [0.05, 0.1) is 11.4 Å². The van der Waals surface area contributed by atoms with Gasteiger partial charge in [-0.05, 0) is 43.5 Å². The van der Waals surface area contributed by atoms with Gasteiger partial charge in [-0.25, -0.2) is 18.1 Å². The first-order valence-electron chi connectivity index (χ1n) is 6.54. The molecule has 1 heterocycles. The van der Waals surface area contributed by atoms with Crippen LogP contribution in [0.1, 0.15) is 27.4 Å². The first-order valence-corrected chi connectivity index (χ1v) is 8.90. The third kappa shape index (κ3) is 3.68. The Balaban J connectivity index is 2.29. The quantitative estimate of drug-likeness (QED) is 0.880. The molecule has 2 aromatic rings. The number of rotatable bonds is 5. The van der Waals surface area contributed by atoms with Gasteiger partial charge in [0.15, 0.2) is 0 Å². The first kappa shape index (κ1) is 16.1. The lowest BCUT2D eigenvalue weighted by Crippen LogP contribution is -2.24. The number of hydrogen-bond acceptors (Lipinski definition) is 5. The highest BCUT2D eigenvalue weighted by Gasteiger charge is 2.19. The Hall–Kier alpha value is -1.28. The molecule has 0 aliphatic rings. The van der Waals surface area contributed by atoms with Crippen LogP contribution in [0.4, 0.5) is 0 Å². The van der Waals surface area contributed by atoms with Gasteiger partial charge in [0.1, 0.15) is 5.01 Å². The van der Waals surface area contributed by atoms with E-state index in [1.807, 2.05) is 25.3 Å². The molecule has 0 amide bonds. The van der Waals surface area contributed by atoms with Gasteiger partial charge < -0.3 is 5.73 Å². The van der Waals surface area contributed by atoms with E-state index in [0.29, 0.717) is 6.54 Å². The van der Waals surface area contributed by atoms with Gasteiger partial charge in [0.25, 0.3) is 0 Å². The molecule has 0 radical (unpaired) electrons. The predicted octanol–water partition coefficient (Wildman–Crippen LogP) is 2.01. The van der Waals surface area contributed by atoms with E-state index < -0.39 is 10.0 Å². The lowest BCUT2D eigenvalue weighted by Gasteiger charge is -2.12. The summed E-state index contributed by atoms with van der Waals surface area (Å²) < 4.78 is 27.6. The van der Waals surface area contributed by atoms with Crippen molar-refractivity contribution in [2.75, 3.05) is 0 Å². The molecule has 0 bridgehead atoms. The predicted molar refractivity (Wildman–Crippen MR) is 84.7 cm³/mol. The van der Waals surface area contributed by atoms with Gasteiger partial charge in [-0.15, -0.1) is 11.3 Å². The molecule has 0 aliphatic carbocycles. The molecule has 1 aromatic heterocycles. The third-order valence-electron chi connectivity index (χ3n) is 3.28. The van der Waals surface area contributed by atoms with Gasteiger partial charge in [-0.1, -0.05) is 6.07 Å². The summed E-state index contributed by atoms with van der Waals surface area (Å²) in [6, 6.07) is 3.55. The van der Waals surface area contributed by atoms with E-state index in [2.05, 4.69) is 9.71 Å². The number of nitrogens with two attached hydrogens (primary N) is 1. The largest absolute Gasteiger partial charge is 0.326 e. The number of nitrogens with zero attached hydrogens (tertiary/aromatic N) is 1. The molecule has 114 valence electrons. The number of aromatic nitrogens is 1. The van der Waals surface area contributed by atoms with Crippen molar-refractivity contribution in [3.8, 4) is 0 Å². The average Bonchev–Trinajstić information content (AvgIpc) is 2.85. The van der Waals surface area contributed by atoms with E-state index in [-0.39, 0.29) is 11.4 Å². The lowest BCUT2D eigenvalue weighted by atomic mass is 10.1. The summed E-state index contributed by atoms with van der Waals surface area (Å²) >= 11 is 1.44.